The Kier molecular flexibility index (Phi) is 4.17. The minimum atomic E-state index is -0.990. The van der Waals surface area contributed by atoms with E-state index < -0.39 is 11.6 Å². The summed E-state index contributed by atoms with van der Waals surface area (Å²) in [6.45, 7) is 0.768. The molecule has 0 amide bonds. The molecule has 146 valence electrons. The van der Waals surface area contributed by atoms with Crippen LogP contribution in [0.3, 0.4) is 0 Å². The Morgan fingerprint density at radius 2 is 1.79 bits per heavy atom. The predicted molar refractivity (Wildman–Crippen MR) is 94.8 cm³/mol. The smallest absolute Gasteiger partial charge is 0.278 e. The molecule has 0 fully saturated rings. The molecular formula is C20H13F3N4O2. The van der Waals surface area contributed by atoms with E-state index in [4.69, 9.17) is 9.26 Å². The summed E-state index contributed by atoms with van der Waals surface area (Å²) in [6, 6.07) is 11.3. The van der Waals surface area contributed by atoms with Crippen LogP contribution in [0.4, 0.5) is 13.2 Å². The molecule has 0 spiro atoms. The Hall–Kier alpha value is -3.46. The minimum Gasteiger partial charge on any atom is -0.365 e. The maximum Gasteiger partial charge on any atom is 0.278 e. The number of benzene rings is 2. The number of halogens is 3. The summed E-state index contributed by atoms with van der Waals surface area (Å²) in [5, 5.41) is 8.30. The first-order valence-corrected chi connectivity index (χ1v) is 8.80. The molecule has 2 aromatic carbocycles. The van der Waals surface area contributed by atoms with Gasteiger partial charge in [0.15, 0.2) is 17.3 Å². The van der Waals surface area contributed by atoms with Crippen molar-refractivity contribution >= 4 is 0 Å². The molecule has 1 atom stereocenters. The van der Waals surface area contributed by atoms with E-state index in [0.29, 0.717) is 24.4 Å². The number of ether oxygens (including phenoxy) is 1. The fourth-order valence-electron chi connectivity index (χ4n) is 3.19. The summed E-state index contributed by atoms with van der Waals surface area (Å²) in [7, 11) is 0. The first-order valence-electron chi connectivity index (χ1n) is 8.80. The third kappa shape index (κ3) is 3.29. The SMILES string of the molecule is Fc1ccc([C@H]2Cn3nc(-c4nc(-c5ccc(F)c(F)c5)no4)cc3CO2)cc1. The van der Waals surface area contributed by atoms with Gasteiger partial charge in [0, 0.05) is 5.56 Å². The summed E-state index contributed by atoms with van der Waals surface area (Å²) < 4.78 is 52.5. The van der Waals surface area contributed by atoms with Gasteiger partial charge >= 0.3 is 0 Å². The molecule has 0 bridgehead atoms. The highest BCUT2D eigenvalue weighted by Crippen LogP contribution is 2.29. The molecule has 0 radical (unpaired) electrons. The number of hydrogen-bond acceptors (Lipinski definition) is 5. The monoisotopic (exact) mass is 398 g/mol. The fourth-order valence-corrected chi connectivity index (χ4v) is 3.19. The number of nitrogens with zero attached hydrogens (tertiary/aromatic N) is 4. The van der Waals surface area contributed by atoms with Gasteiger partial charge in [-0.05, 0) is 42.0 Å². The molecular weight excluding hydrogens is 385 g/mol. The molecule has 4 aromatic rings. The zero-order valence-electron chi connectivity index (χ0n) is 14.8. The zero-order chi connectivity index (χ0) is 20.0. The van der Waals surface area contributed by atoms with Gasteiger partial charge in [-0.3, -0.25) is 4.68 Å². The molecule has 0 aliphatic carbocycles. The van der Waals surface area contributed by atoms with E-state index in [0.717, 1.165) is 23.4 Å². The van der Waals surface area contributed by atoms with Crippen LogP contribution in [0, 0.1) is 17.5 Å². The molecule has 9 heteroatoms. The van der Waals surface area contributed by atoms with E-state index >= 15 is 0 Å². The van der Waals surface area contributed by atoms with E-state index in [2.05, 4.69) is 15.2 Å². The Labute approximate surface area is 162 Å². The maximum absolute atomic E-state index is 13.4. The van der Waals surface area contributed by atoms with Gasteiger partial charge in [-0.25, -0.2) is 13.2 Å². The summed E-state index contributed by atoms with van der Waals surface area (Å²) >= 11 is 0. The van der Waals surface area contributed by atoms with Crippen molar-refractivity contribution in [2.24, 2.45) is 0 Å². The first-order chi connectivity index (χ1) is 14.1. The van der Waals surface area contributed by atoms with Crippen molar-refractivity contribution < 1.29 is 22.4 Å². The van der Waals surface area contributed by atoms with E-state index in [1.54, 1.807) is 22.9 Å². The Morgan fingerprint density at radius 1 is 0.966 bits per heavy atom. The van der Waals surface area contributed by atoms with Crippen LogP contribution in [0.2, 0.25) is 0 Å². The third-order valence-electron chi connectivity index (χ3n) is 4.70. The van der Waals surface area contributed by atoms with Crippen molar-refractivity contribution in [3.63, 3.8) is 0 Å². The topological polar surface area (TPSA) is 66.0 Å². The lowest BCUT2D eigenvalue weighted by Crippen LogP contribution is -2.21. The standard InChI is InChI=1S/C20H13F3N4O2/c21-13-4-1-11(2-5-13)18-9-27-14(10-28-18)8-17(25-27)20-24-19(26-29-20)12-3-6-15(22)16(23)7-12/h1-8,18H,9-10H2/t18-/m1/s1. The molecule has 0 saturated carbocycles. The van der Waals surface area contributed by atoms with Crippen LogP contribution < -0.4 is 0 Å². The lowest BCUT2D eigenvalue weighted by molar-refractivity contribution is -0.00116. The molecule has 29 heavy (non-hydrogen) atoms. The predicted octanol–water partition coefficient (Wildman–Crippen LogP) is 4.29. The van der Waals surface area contributed by atoms with E-state index in [1.807, 2.05) is 0 Å². The molecule has 0 N–H and O–H groups in total. The van der Waals surface area contributed by atoms with E-state index in [-0.39, 0.29) is 23.6 Å². The van der Waals surface area contributed by atoms with E-state index in [1.165, 1.54) is 18.2 Å². The van der Waals surface area contributed by atoms with Crippen molar-refractivity contribution in [2.45, 2.75) is 19.3 Å². The average molecular weight is 398 g/mol. The van der Waals surface area contributed by atoms with Gasteiger partial charge in [0.2, 0.25) is 5.82 Å². The van der Waals surface area contributed by atoms with Crippen LogP contribution in [0.1, 0.15) is 17.4 Å². The lowest BCUT2D eigenvalue weighted by atomic mass is 10.1. The highest BCUT2D eigenvalue weighted by atomic mass is 19.2. The molecule has 0 saturated heterocycles. The van der Waals surface area contributed by atoms with Crippen molar-refractivity contribution in [2.75, 3.05) is 0 Å². The number of rotatable bonds is 3. The molecule has 1 aliphatic heterocycles. The van der Waals surface area contributed by atoms with Gasteiger partial charge in [0.05, 0.1) is 18.8 Å². The molecule has 1 aliphatic rings. The molecule has 3 heterocycles. The van der Waals surface area contributed by atoms with Crippen molar-refractivity contribution in [1.29, 1.82) is 0 Å². The summed E-state index contributed by atoms with van der Waals surface area (Å²) in [5.74, 6) is -1.96. The third-order valence-corrected chi connectivity index (χ3v) is 4.70. The van der Waals surface area contributed by atoms with Crippen LogP contribution in [-0.2, 0) is 17.9 Å². The van der Waals surface area contributed by atoms with Crippen LogP contribution in [0.5, 0.6) is 0 Å². The molecule has 0 unspecified atom stereocenters. The highest BCUT2D eigenvalue weighted by Gasteiger charge is 2.24. The Balaban J connectivity index is 1.40. The van der Waals surface area contributed by atoms with Crippen LogP contribution in [0.15, 0.2) is 53.1 Å². The van der Waals surface area contributed by atoms with Crippen molar-refractivity contribution in [3.05, 3.63) is 77.2 Å². The van der Waals surface area contributed by atoms with Gasteiger partial charge in [-0.2, -0.15) is 10.1 Å². The molecule has 2 aromatic heterocycles. The highest BCUT2D eigenvalue weighted by molar-refractivity contribution is 5.58. The Bertz CT molecular complexity index is 1190. The van der Waals surface area contributed by atoms with Crippen LogP contribution in [0.25, 0.3) is 23.0 Å². The number of hydrogen-bond donors (Lipinski definition) is 0. The minimum absolute atomic E-state index is 0.130. The molecule has 6 nitrogen and oxygen atoms in total. The lowest BCUT2D eigenvalue weighted by Gasteiger charge is -2.24. The van der Waals surface area contributed by atoms with Crippen molar-refractivity contribution in [1.82, 2.24) is 19.9 Å². The largest absolute Gasteiger partial charge is 0.365 e. The Morgan fingerprint density at radius 3 is 2.59 bits per heavy atom. The van der Waals surface area contributed by atoms with Crippen LogP contribution in [-0.4, -0.2) is 19.9 Å². The van der Waals surface area contributed by atoms with E-state index in [9.17, 15) is 13.2 Å². The zero-order valence-corrected chi connectivity index (χ0v) is 14.8. The average Bonchev–Trinajstić information content (AvgIpc) is 3.37. The summed E-state index contributed by atoms with van der Waals surface area (Å²) in [5.41, 5.74) is 2.42. The van der Waals surface area contributed by atoms with Gasteiger partial charge in [0.25, 0.3) is 5.89 Å². The first kappa shape index (κ1) is 17.6. The second-order valence-corrected chi connectivity index (χ2v) is 6.61. The van der Waals surface area contributed by atoms with Gasteiger partial charge in [-0.1, -0.05) is 17.3 Å². The second-order valence-electron chi connectivity index (χ2n) is 6.61. The number of aromatic nitrogens is 4. The number of fused-ring (bicyclic) bond motifs is 1. The van der Waals surface area contributed by atoms with Gasteiger partial charge in [-0.15, -0.1) is 0 Å². The normalized spacial score (nSPS) is 16.0. The van der Waals surface area contributed by atoms with Crippen LogP contribution >= 0.6 is 0 Å². The second kappa shape index (κ2) is 6.85. The molecule has 5 rings (SSSR count). The maximum atomic E-state index is 13.4. The quantitative estimate of drug-likeness (QED) is 0.515. The van der Waals surface area contributed by atoms with Gasteiger partial charge in [0.1, 0.15) is 11.9 Å². The summed E-state index contributed by atoms with van der Waals surface area (Å²) in [4.78, 5) is 4.23. The van der Waals surface area contributed by atoms with Gasteiger partial charge < -0.3 is 9.26 Å². The fraction of sp³-hybridized carbons (Fsp3) is 0.150. The van der Waals surface area contributed by atoms with Crippen molar-refractivity contribution in [3.8, 4) is 23.0 Å². The summed E-state index contributed by atoms with van der Waals surface area (Å²) in [6.07, 6.45) is -0.253.